The lowest BCUT2D eigenvalue weighted by Gasteiger charge is -2.23. The van der Waals surface area contributed by atoms with Crippen molar-refractivity contribution in [2.45, 2.75) is 51.4 Å². The van der Waals surface area contributed by atoms with Gasteiger partial charge in [0.25, 0.3) is 0 Å². The van der Waals surface area contributed by atoms with Crippen molar-refractivity contribution in [3.63, 3.8) is 0 Å². The Morgan fingerprint density at radius 2 is 2.08 bits per heavy atom. The molecule has 4 nitrogen and oxygen atoms in total. The molecule has 1 fully saturated rings. The van der Waals surface area contributed by atoms with Crippen molar-refractivity contribution in [3.8, 4) is 0 Å². The summed E-state index contributed by atoms with van der Waals surface area (Å²) in [7, 11) is 0. The van der Waals surface area contributed by atoms with Gasteiger partial charge in [0, 0.05) is 24.5 Å². The van der Waals surface area contributed by atoms with E-state index in [-0.39, 0.29) is 23.9 Å². The molecule has 0 aliphatic carbocycles. The molecule has 0 N–H and O–H groups in total. The maximum absolute atomic E-state index is 13.2. The Hall–Kier alpha value is -2.27. The van der Waals surface area contributed by atoms with E-state index in [4.69, 9.17) is 4.74 Å². The minimum absolute atomic E-state index is 0.0126. The number of halogens is 1. The Balaban J connectivity index is 1.70. The van der Waals surface area contributed by atoms with E-state index in [0.29, 0.717) is 25.1 Å². The maximum atomic E-state index is 13.2. The summed E-state index contributed by atoms with van der Waals surface area (Å²) in [5.41, 5.74) is 1.63. The number of benzene rings is 1. The predicted molar refractivity (Wildman–Crippen MR) is 94.6 cm³/mol. The van der Waals surface area contributed by atoms with Crippen molar-refractivity contribution in [1.82, 2.24) is 4.98 Å². The molecular weight excluding hydrogens is 319 g/mol. The molecule has 0 unspecified atom stereocenters. The molecule has 5 heteroatoms. The van der Waals surface area contributed by atoms with Gasteiger partial charge in [0.2, 0.25) is 5.91 Å². The second kappa shape index (κ2) is 8.21. The second-order valence-electron chi connectivity index (χ2n) is 6.50. The summed E-state index contributed by atoms with van der Waals surface area (Å²) in [6, 6.07) is 9.80. The first-order valence-electron chi connectivity index (χ1n) is 8.72. The molecule has 0 bridgehead atoms. The van der Waals surface area contributed by atoms with Crippen LogP contribution in [-0.4, -0.2) is 23.1 Å². The summed E-state index contributed by atoms with van der Waals surface area (Å²) >= 11 is 0. The molecule has 2 atom stereocenters. The molecule has 1 amide bonds. The largest absolute Gasteiger partial charge is 0.375 e. The van der Waals surface area contributed by atoms with Crippen LogP contribution in [0.3, 0.4) is 0 Å². The Morgan fingerprint density at radius 3 is 2.72 bits per heavy atom. The molecular formula is C20H23FN2O2. The normalized spacial score (nSPS) is 19.8. The van der Waals surface area contributed by atoms with Gasteiger partial charge in [-0.2, -0.15) is 0 Å². The monoisotopic (exact) mass is 342 g/mol. The van der Waals surface area contributed by atoms with E-state index < -0.39 is 0 Å². The highest BCUT2D eigenvalue weighted by Gasteiger charge is 2.24. The Bertz CT molecular complexity index is 691. The lowest BCUT2D eigenvalue weighted by atomic mass is 10.1. The first-order valence-corrected chi connectivity index (χ1v) is 8.72. The van der Waals surface area contributed by atoms with Crippen molar-refractivity contribution in [3.05, 3.63) is 60.2 Å². The number of pyridine rings is 1. The number of anilines is 1. The van der Waals surface area contributed by atoms with Crippen LogP contribution in [0.4, 0.5) is 10.1 Å². The standard InChI is InChI=1S/C20H23FN2O2/c1-15-4-9-19(25-15)10-11-20(24)23(14-16-3-2-12-22-13-16)18-7-5-17(21)6-8-18/h2-3,5-8,12-13,15,19H,4,9-11,14H2,1H3/t15-,19-/m1/s1. The molecule has 25 heavy (non-hydrogen) atoms. The van der Waals surface area contributed by atoms with Gasteiger partial charge in [-0.25, -0.2) is 4.39 Å². The third-order valence-electron chi connectivity index (χ3n) is 4.50. The highest BCUT2D eigenvalue weighted by molar-refractivity contribution is 5.93. The van der Waals surface area contributed by atoms with E-state index in [1.165, 1.54) is 12.1 Å². The quantitative estimate of drug-likeness (QED) is 0.794. The number of carbonyl (C=O) groups excluding carboxylic acids is 1. The summed E-state index contributed by atoms with van der Waals surface area (Å²) in [4.78, 5) is 18.6. The smallest absolute Gasteiger partial charge is 0.227 e. The van der Waals surface area contributed by atoms with Gasteiger partial charge in [0.15, 0.2) is 0 Å². The Labute approximate surface area is 147 Å². The first-order chi connectivity index (χ1) is 12.1. The lowest BCUT2D eigenvalue weighted by molar-refractivity contribution is -0.119. The number of amides is 1. The van der Waals surface area contributed by atoms with E-state index in [0.717, 1.165) is 18.4 Å². The second-order valence-corrected chi connectivity index (χ2v) is 6.50. The zero-order valence-electron chi connectivity index (χ0n) is 14.4. The van der Waals surface area contributed by atoms with Gasteiger partial charge in [-0.1, -0.05) is 6.07 Å². The average molecular weight is 342 g/mol. The minimum atomic E-state index is -0.314. The molecule has 0 spiro atoms. The number of aromatic nitrogens is 1. The summed E-state index contributed by atoms with van der Waals surface area (Å²) in [5.74, 6) is -0.301. The van der Waals surface area contributed by atoms with E-state index in [1.807, 2.05) is 12.1 Å². The van der Waals surface area contributed by atoms with Gasteiger partial charge in [0.05, 0.1) is 18.8 Å². The van der Waals surface area contributed by atoms with Crippen LogP contribution >= 0.6 is 0 Å². The highest BCUT2D eigenvalue weighted by Crippen LogP contribution is 2.24. The number of nitrogens with zero attached hydrogens (tertiary/aromatic N) is 2. The number of hydrogen-bond donors (Lipinski definition) is 0. The zero-order valence-corrected chi connectivity index (χ0v) is 14.4. The topological polar surface area (TPSA) is 42.4 Å². The third kappa shape index (κ3) is 4.86. The summed E-state index contributed by atoms with van der Waals surface area (Å²) in [5, 5.41) is 0. The summed E-state index contributed by atoms with van der Waals surface area (Å²) < 4.78 is 19.0. The summed E-state index contributed by atoms with van der Waals surface area (Å²) in [6.45, 7) is 2.48. The van der Waals surface area contributed by atoms with Crippen LogP contribution in [0.2, 0.25) is 0 Å². The highest BCUT2D eigenvalue weighted by atomic mass is 19.1. The number of rotatable bonds is 6. The van der Waals surface area contributed by atoms with E-state index in [2.05, 4.69) is 11.9 Å². The minimum Gasteiger partial charge on any atom is -0.375 e. The molecule has 3 rings (SSSR count). The third-order valence-corrected chi connectivity index (χ3v) is 4.50. The van der Waals surface area contributed by atoms with Gasteiger partial charge in [0.1, 0.15) is 5.82 Å². The van der Waals surface area contributed by atoms with Gasteiger partial charge >= 0.3 is 0 Å². The van der Waals surface area contributed by atoms with Crippen molar-refractivity contribution < 1.29 is 13.9 Å². The zero-order chi connectivity index (χ0) is 17.6. The summed E-state index contributed by atoms with van der Waals surface area (Å²) in [6.07, 6.45) is 7.07. The molecule has 1 aromatic heterocycles. The molecule has 1 aliphatic heterocycles. The number of hydrogen-bond acceptors (Lipinski definition) is 3. The van der Waals surface area contributed by atoms with Crippen LogP contribution in [0, 0.1) is 5.82 Å². The van der Waals surface area contributed by atoms with Gasteiger partial charge in [-0.05, 0) is 62.1 Å². The number of ether oxygens (including phenoxy) is 1. The maximum Gasteiger partial charge on any atom is 0.227 e. The predicted octanol–water partition coefficient (Wildman–Crippen LogP) is 4.10. The molecule has 2 aromatic rings. The van der Waals surface area contributed by atoms with Gasteiger partial charge in [-0.15, -0.1) is 0 Å². The fourth-order valence-electron chi connectivity index (χ4n) is 3.14. The first kappa shape index (κ1) is 17.5. The van der Waals surface area contributed by atoms with Gasteiger partial charge in [-0.3, -0.25) is 9.78 Å². The molecule has 2 heterocycles. The lowest BCUT2D eigenvalue weighted by Crippen LogP contribution is -2.31. The fourth-order valence-corrected chi connectivity index (χ4v) is 3.14. The molecule has 0 radical (unpaired) electrons. The van der Waals surface area contributed by atoms with Crippen LogP contribution in [0.5, 0.6) is 0 Å². The van der Waals surface area contributed by atoms with Crippen molar-refractivity contribution in [2.75, 3.05) is 4.90 Å². The van der Waals surface area contributed by atoms with E-state index in [9.17, 15) is 9.18 Å². The van der Waals surface area contributed by atoms with E-state index >= 15 is 0 Å². The molecule has 1 aliphatic rings. The van der Waals surface area contributed by atoms with Crippen LogP contribution in [0.1, 0.15) is 38.2 Å². The molecule has 0 saturated carbocycles. The molecule has 132 valence electrons. The molecule has 1 saturated heterocycles. The Kier molecular flexibility index (Phi) is 5.76. The van der Waals surface area contributed by atoms with E-state index in [1.54, 1.807) is 29.4 Å². The van der Waals surface area contributed by atoms with Crippen molar-refractivity contribution in [1.29, 1.82) is 0 Å². The Morgan fingerprint density at radius 1 is 1.28 bits per heavy atom. The van der Waals surface area contributed by atoms with Crippen LogP contribution in [0.25, 0.3) is 0 Å². The SMILES string of the molecule is C[C@@H]1CC[C@H](CCC(=O)N(Cc2cccnc2)c2ccc(F)cc2)O1. The number of carbonyl (C=O) groups is 1. The van der Waals surface area contributed by atoms with Crippen LogP contribution in [0.15, 0.2) is 48.8 Å². The fraction of sp³-hybridized carbons (Fsp3) is 0.400. The van der Waals surface area contributed by atoms with Crippen molar-refractivity contribution in [2.24, 2.45) is 0 Å². The van der Waals surface area contributed by atoms with Gasteiger partial charge < -0.3 is 9.64 Å². The molecule has 1 aromatic carbocycles. The van der Waals surface area contributed by atoms with Crippen molar-refractivity contribution >= 4 is 11.6 Å². The van der Waals surface area contributed by atoms with Crippen LogP contribution < -0.4 is 4.90 Å². The van der Waals surface area contributed by atoms with Crippen LogP contribution in [-0.2, 0) is 16.1 Å². The average Bonchev–Trinajstić information content (AvgIpc) is 3.05.